The molecule has 188 valence electrons. The van der Waals surface area contributed by atoms with Crippen molar-refractivity contribution < 1.29 is 14.3 Å². The molecule has 3 aromatic carbocycles. The third-order valence-electron chi connectivity index (χ3n) is 6.43. The Hall–Kier alpha value is -3.51. The molecule has 0 spiro atoms. The van der Waals surface area contributed by atoms with Gasteiger partial charge in [-0.25, -0.2) is 4.79 Å². The molecule has 0 aromatic heterocycles. The largest absolute Gasteiger partial charge is 0.462 e. The highest BCUT2D eigenvalue weighted by Crippen LogP contribution is 2.34. The van der Waals surface area contributed by atoms with Gasteiger partial charge in [0, 0.05) is 49.1 Å². The minimum absolute atomic E-state index is 0.0614. The second-order valence-corrected chi connectivity index (χ2v) is 9.12. The van der Waals surface area contributed by atoms with Crippen LogP contribution in [-0.2, 0) is 9.53 Å². The number of benzene rings is 3. The highest BCUT2D eigenvalue weighted by Gasteiger charge is 2.28. The molecule has 7 heteroatoms. The molecule has 1 aliphatic heterocycles. The Kier molecular flexibility index (Phi) is 8.49. The van der Waals surface area contributed by atoms with Crippen LogP contribution in [0, 0.1) is 0 Å². The molecule has 4 rings (SSSR count). The lowest BCUT2D eigenvalue weighted by Crippen LogP contribution is -2.47. The molecule has 1 unspecified atom stereocenters. The van der Waals surface area contributed by atoms with E-state index >= 15 is 0 Å². The fourth-order valence-corrected chi connectivity index (χ4v) is 4.78. The second kappa shape index (κ2) is 12.0. The maximum Gasteiger partial charge on any atom is 0.338 e. The molecule has 0 aliphatic carbocycles. The van der Waals surface area contributed by atoms with Gasteiger partial charge in [0.1, 0.15) is 0 Å². The lowest BCUT2D eigenvalue weighted by atomic mass is 9.88. The van der Waals surface area contributed by atoms with E-state index in [0.717, 1.165) is 53.7 Å². The lowest BCUT2D eigenvalue weighted by molar-refractivity contribution is -0.121. The quantitative estimate of drug-likeness (QED) is 0.431. The summed E-state index contributed by atoms with van der Waals surface area (Å²) in [4.78, 5) is 30.1. The Balaban J connectivity index is 1.60. The summed E-state index contributed by atoms with van der Waals surface area (Å²) in [5.74, 6) is -0.919. The van der Waals surface area contributed by atoms with Gasteiger partial charge in [0.15, 0.2) is 0 Å². The monoisotopic (exact) mass is 505 g/mol. The van der Waals surface area contributed by atoms with Gasteiger partial charge < -0.3 is 19.9 Å². The molecular weight excluding hydrogens is 474 g/mol. The van der Waals surface area contributed by atoms with Crippen LogP contribution < -0.4 is 15.1 Å². The minimum atomic E-state index is -0.494. The number of hydrogen-bond donors (Lipinski definition) is 1. The van der Waals surface area contributed by atoms with E-state index in [2.05, 4.69) is 33.3 Å². The zero-order valence-electron chi connectivity index (χ0n) is 20.7. The molecule has 6 nitrogen and oxygen atoms in total. The van der Waals surface area contributed by atoms with Crippen LogP contribution in [0.5, 0.6) is 0 Å². The van der Waals surface area contributed by atoms with Crippen molar-refractivity contribution in [1.82, 2.24) is 5.32 Å². The maximum absolute atomic E-state index is 13.3. The van der Waals surface area contributed by atoms with Crippen LogP contribution in [0.15, 0.2) is 72.8 Å². The van der Waals surface area contributed by atoms with Crippen LogP contribution in [0.1, 0.15) is 41.3 Å². The zero-order valence-corrected chi connectivity index (χ0v) is 21.5. The van der Waals surface area contributed by atoms with Gasteiger partial charge in [0.05, 0.1) is 18.1 Å². The molecule has 0 saturated carbocycles. The number of hydrogen-bond acceptors (Lipinski definition) is 5. The van der Waals surface area contributed by atoms with E-state index in [1.54, 1.807) is 19.1 Å². The number of halogens is 1. The van der Waals surface area contributed by atoms with E-state index in [-0.39, 0.29) is 11.9 Å². The Morgan fingerprint density at radius 2 is 1.53 bits per heavy atom. The van der Waals surface area contributed by atoms with Crippen molar-refractivity contribution in [3.8, 4) is 0 Å². The number of nitrogens with one attached hydrogen (secondary N) is 1. The number of piperazine rings is 1. The number of ether oxygens (including phenoxy) is 1. The summed E-state index contributed by atoms with van der Waals surface area (Å²) < 4.78 is 5.11. The van der Waals surface area contributed by atoms with Crippen LogP contribution in [0.4, 0.5) is 11.4 Å². The molecule has 36 heavy (non-hydrogen) atoms. The molecule has 1 atom stereocenters. The van der Waals surface area contributed by atoms with Gasteiger partial charge >= 0.3 is 5.97 Å². The first kappa shape index (κ1) is 25.6. The fourth-order valence-electron chi connectivity index (χ4n) is 4.65. The predicted molar refractivity (Wildman–Crippen MR) is 145 cm³/mol. The second-order valence-electron chi connectivity index (χ2n) is 8.68. The molecule has 1 fully saturated rings. The summed E-state index contributed by atoms with van der Waals surface area (Å²) in [5, 5.41) is 3.73. The Labute approximate surface area is 217 Å². The first-order chi connectivity index (χ1) is 17.5. The number of para-hydroxylation sites is 1. The van der Waals surface area contributed by atoms with E-state index in [9.17, 15) is 9.59 Å². The van der Waals surface area contributed by atoms with E-state index < -0.39 is 5.92 Å². The van der Waals surface area contributed by atoms with E-state index in [0.29, 0.717) is 18.7 Å². The number of rotatable bonds is 8. The van der Waals surface area contributed by atoms with Gasteiger partial charge in [-0.3, -0.25) is 4.79 Å². The average Bonchev–Trinajstić information content (AvgIpc) is 2.90. The van der Waals surface area contributed by atoms with Crippen molar-refractivity contribution in [3.05, 3.63) is 94.5 Å². The Bertz CT molecular complexity index is 1170. The molecule has 1 amide bonds. The summed E-state index contributed by atoms with van der Waals surface area (Å²) in [6, 6.07) is 23.2. The number of anilines is 2. The molecular formula is C29H32ClN3O3. The van der Waals surface area contributed by atoms with Gasteiger partial charge in [-0.2, -0.15) is 0 Å². The summed E-state index contributed by atoms with van der Waals surface area (Å²) in [5.41, 5.74) is 4.48. The van der Waals surface area contributed by atoms with Crippen LogP contribution in [0.2, 0.25) is 5.02 Å². The Morgan fingerprint density at radius 3 is 2.17 bits per heavy atom. The van der Waals surface area contributed by atoms with Crippen molar-refractivity contribution in [2.75, 3.05) is 49.1 Å². The standard InChI is InChI=1S/C29H32ClN3O3/c1-3-31-28(34)27(21-9-11-22(12-10-21)29(35)36-4-2)25-7-5-6-8-26(25)33-19-17-32(18-20-33)24-15-13-23(30)14-16-24/h5-16,27H,3-4,17-20H2,1-2H3,(H,31,34). The average molecular weight is 506 g/mol. The smallest absolute Gasteiger partial charge is 0.338 e. The van der Waals surface area contributed by atoms with E-state index in [1.807, 2.05) is 49.4 Å². The minimum Gasteiger partial charge on any atom is -0.462 e. The number of esters is 1. The van der Waals surface area contributed by atoms with Crippen molar-refractivity contribution in [3.63, 3.8) is 0 Å². The molecule has 0 radical (unpaired) electrons. The summed E-state index contributed by atoms with van der Waals surface area (Å²) in [6.07, 6.45) is 0. The van der Waals surface area contributed by atoms with Crippen LogP contribution >= 0.6 is 11.6 Å². The molecule has 3 aromatic rings. The van der Waals surface area contributed by atoms with Crippen molar-refractivity contribution >= 4 is 34.9 Å². The van der Waals surface area contributed by atoms with Gasteiger partial charge in [-0.15, -0.1) is 0 Å². The number of carbonyl (C=O) groups is 2. The number of carbonyl (C=O) groups excluding carboxylic acids is 2. The highest BCUT2D eigenvalue weighted by molar-refractivity contribution is 6.30. The zero-order chi connectivity index (χ0) is 25.5. The third-order valence-corrected chi connectivity index (χ3v) is 6.68. The van der Waals surface area contributed by atoms with Gasteiger partial charge in [-0.05, 0) is 67.4 Å². The lowest BCUT2D eigenvalue weighted by Gasteiger charge is -2.39. The SMILES string of the molecule is CCNC(=O)C(c1ccc(C(=O)OCC)cc1)c1ccccc1N1CCN(c2ccc(Cl)cc2)CC1. The molecule has 0 bridgehead atoms. The van der Waals surface area contributed by atoms with Crippen molar-refractivity contribution in [2.24, 2.45) is 0 Å². The van der Waals surface area contributed by atoms with E-state index in [4.69, 9.17) is 16.3 Å². The first-order valence-electron chi connectivity index (χ1n) is 12.4. The van der Waals surface area contributed by atoms with Crippen LogP contribution in [0.3, 0.4) is 0 Å². The number of amides is 1. The predicted octanol–water partition coefficient (Wildman–Crippen LogP) is 5.11. The van der Waals surface area contributed by atoms with Gasteiger partial charge in [0.2, 0.25) is 5.91 Å². The third kappa shape index (κ3) is 5.82. The fraction of sp³-hybridized carbons (Fsp3) is 0.310. The molecule has 1 N–H and O–H groups in total. The van der Waals surface area contributed by atoms with Crippen molar-refractivity contribution in [1.29, 1.82) is 0 Å². The van der Waals surface area contributed by atoms with Crippen LogP contribution in [0.25, 0.3) is 0 Å². The topological polar surface area (TPSA) is 61.9 Å². The summed E-state index contributed by atoms with van der Waals surface area (Å²) >= 11 is 6.06. The van der Waals surface area contributed by atoms with Crippen LogP contribution in [-0.4, -0.2) is 51.2 Å². The number of nitrogens with zero attached hydrogens (tertiary/aromatic N) is 2. The normalized spacial score (nSPS) is 14.3. The highest BCUT2D eigenvalue weighted by atomic mass is 35.5. The first-order valence-corrected chi connectivity index (χ1v) is 12.8. The van der Waals surface area contributed by atoms with Gasteiger partial charge in [-0.1, -0.05) is 41.9 Å². The van der Waals surface area contributed by atoms with E-state index in [1.165, 1.54) is 0 Å². The molecule has 1 heterocycles. The number of likely N-dealkylation sites (N-methyl/N-ethyl adjacent to an activating group) is 1. The molecule has 1 saturated heterocycles. The summed E-state index contributed by atoms with van der Waals surface area (Å²) in [7, 11) is 0. The Morgan fingerprint density at radius 1 is 0.889 bits per heavy atom. The maximum atomic E-state index is 13.3. The van der Waals surface area contributed by atoms with Crippen molar-refractivity contribution in [2.45, 2.75) is 19.8 Å². The molecule has 1 aliphatic rings. The summed E-state index contributed by atoms with van der Waals surface area (Å²) in [6.45, 7) is 7.97. The van der Waals surface area contributed by atoms with Gasteiger partial charge in [0.25, 0.3) is 0 Å².